The first-order valence-electron chi connectivity index (χ1n) is 8.38. The summed E-state index contributed by atoms with van der Waals surface area (Å²) in [6.07, 6.45) is 0.845. The van der Waals surface area contributed by atoms with Crippen molar-refractivity contribution in [1.82, 2.24) is 4.57 Å². The second kappa shape index (κ2) is 7.14. The minimum absolute atomic E-state index is 0.187. The molecular weight excluding hydrogens is 347 g/mol. The fourth-order valence-corrected chi connectivity index (χ4v) is 3.84. The Bertz CT molecular complexity index is 1040. The molecule has 0 aliphatic heterocycles. The van der Waals surface area contributed by atoms with Crippen LogP contribution < -0.4 is 5.32 Å². The Morgan fingerprint density at radius 2 is 1.81 bits per heavy atom. The average molecular weight is 364 g/mol. The number of anilines is 1. The molecule has 5 heteroatoms. The van der Waals surface area contributed by atoms with E-state index >= 15 is 0 Å². The molecule has 130 valence electrons. The van der Waals surface area contributed by atoms with Gasteiger partial charge >= 0.3 is 0 Å². The van der Waals surface area contributed by atoms with Gasteiger partial charge in [0.1, 0.15) is 11.5 Å². The van der Waals surface area contributed by atoms with E-state index in [1.54, 1.807) is 23.5 Å². The van der Waals surface area contributed by atoms with Gasteiger partial charge in [-0.25, -0.2) is 4.39 Å². The van der Waals surface area contributed by atoms with E-state index in [1.165, 1.54) is 17.7 Å². The monoisotopic (exact) mass is 364 g/mol. The molecule has 4 aromatic rings. The number of carbonyl (C=O) groups is 1. The van der Waals surface area contributed by atoms with Gasteiger partial charge in [-0.15, -0.1) is 11.3 Å². The molecule has 2 heterocycles. The molecule has 0 spiro atoms. The molecule has 0 saturated heterocycles. The fourth-order valence-electron chi connectivity index (χ4n) is 3.02. The summed E-state index contributed by atoms with van der Waals surface area (Å²) in [7, 11) is 0. The minimum atomic E-state index is -0.324. The Morgan fingerprint density at radius 1 is 1.04 bits per heavy atom. The number of nitrogens with zero attached hydrogens (tertiary/aromatic N) is 1. The number of aryl methyl sites for hydroxylation is 2. The predicted octanol–water partition coefficient (Wildman–Crippen LogP) is 5.34. The Balaban J connectivity index is 1.60. The number of nitrogens with one attached hydrogen (secondary N) is 1. The molecule has 0 aliphatic rings. The zero-order chi connectivity index (χ0) is 17.9. The molecule has 1 N–H and O–H groups in total. The average Bonchev–Trinajstić information content (AvgIpc) is 3.24. The van der Waals surface area contributed by atoms with E-state index in [0.717, 1.165) is 23.2 Å². The Hall–Kier alpha value is -2.92. The number of benzene rings is 2. The van der Waals surface area contributed by atoms with Crippen molar-refractivity contribution in [1.29, 1.82) is 0 Å². The third-order valence-electron chi connectivity index (χ3n) is 4.32. The van der Waals surface area contributed by atoms with Gasteiger partial charge in [-0.05, 0) is 53.8 Å². The van der Waals surface area contributed by atoms with Crippen LogP contribution in [0.5, 0.6) is 0 Å². The van der Waals surface area contributed by atoms with E-state index in [-0.39, 0.29) is 11.7 Å². The number of amides is 1. The zero-order valence-corrected chi connectivity index (χ0v) is 14.8. The van der Waals surface area contributed by atoms with Crippen LogP contribution in [0, 0.1) is 5.82 Å². The molecule has 2 aromatic heterocycles. The lowest BCUT2D eigenvalue weighted by atomic mass is 10.1. The SMILES string of the molecule is O=C(Nc1ccc(F)cc1)c1cc2sccc2n1CCc1ccccc1. The van der Waals surface area contributed by atoms with Gasteiger partial charge in [-0.2, -0.15) is 0 Å². The van der Waals surface area contributed by atoms with Gasteiger partial charge in [0.25, 0.3) is 5.91 Å². The molecule has 0 radical (unpaired) electrons. The molecule has 0 unspecified atom stereocenters. The van der Waals surface area contributed by atoms with Crippen molar-refractivity contribution in [2.45, 2.75) is 13.0 Å². The van der Waals surface area contributed by atoms with Crippen LogP contribution in [0.3, 0.4) is 0 Å². The Labute approximate surface area is 154 Å². The highest BCUT2D eigenvalue weighted by Gasteiger charge is 2.16. The standard InChI is InChI=1S/C21H17FN2OS/c22-16-6-8-17(9-7-16)23-21(25)19-14-20-18(11-13-26-20)24(19)12-10-15-4-2-1-3-5-15/h1-9,11,13-14H,10,12H2,(H,23,25). The van der Waals surface area contributed by atoms with Crippen LogP contribution in [-0.2, 0) is 13.0 Å². The van der Waals surface area contributed by atoms with Crippen LogP contribution in [0.15, 0.2) is 72.1 Å². The highest BCUT2D eigenvalue weighted by atomic mass is 32.1. The smallest absolute Gasteiger partial charge is 0.272 e. The molecule has 0 bridgehead atoms. The molecule has 26 heavy (non-hydrogen) atoms. The van der Waals surface area contributed by atoms with Crippen molar-refractivity contribution < 1.29 is 9.18 Å². The molecule has 0 atom stereocenters. The van der Waals surface area contributed by atoms with E-state index in [0.29, 0.717) is 11.4 Å². The summed E-state index contributed by atoms with van der Waals surface area (Å²) in [6, 6.07) is 20.0. The second-order valence-corrected chi connectivity index (χ2v) is 7.00. The molecule has 0 aliphatic carbocycles. The fraction of sp³-hybridized carbons (Fsp3) is 0.0952. The molecule has 0 fully saturated rings. The summed E-state index contributed by atoms with van der Waals surface area (Å²) in [5.74, 6) is -0.511. The van der Waals surface area contributed by atoms with Crippen LogP contribution >= 0.6 is 11.3 Å². The van der Waals surface area contributed by atoms with E-state index in [4.69, 9.17) is 0 Å². The largest absolute Gasteiger partial charge is 0.335 e. The van der Waals surface area contributed by atoms with Crippen molar-refractivity contribution in [3.05, 3.63) is 89.2 Å². The maximum absolute atomic E-state index is 13.1. The van der Waals surface area contributed by atoms with E-state index in [1.807, 2.05) is 35.7 Å². The number of hydrogen-bond donors (Lipinski definition) is 1. The summed E-state index contributed by atoms with van der Waals surface area (Å²) in [6.45, 7) is 0.719. The third kappa shape index (κ3) is 3.39. The topological polar surface area (TPSA) is 34.0 Å². The molecule has 1 amide bonds. The number of aromatic nitrogens is 1. The molecule has 3 nitrogen and oxygen atoms in total. The van der Waals surface area contributed by atoms with Gasteiger partial charge in [0.15, 0.2) is 0 Å². The number of hydrogen-bond acceptors (Lipinski definition) is 2. The van der Waals surface area contributed by atoms with Gasteiger partial charge in [0.05, 0.1) is 10.2 Å². The summed E-state index contributed by atoms with van der Waals surface area (Å²) < 4.78 is 16.2. The second-order valence-electron chi connectivity index (χ2n) is 6.05. The number of fused-ring (bicyclic) bond motifs is 1. The van der Waals surface area contributed by atoms with Crippen LogP contribution in [0.4, 0.5) is 10.1 Å². The van der Waals surface area contributed by atoms with Crippen LogP contribution in [0.1, 0.15) is 16.1 Å². The molecule has 4 rings (SSSR count). The van der Waals surface area contributed by atoms with E-state index in [9.17, 15) is 9.18 Å². The number of rotatable bonds is 5. The predicted molar refractivity (Wildman–Crippen MR) is 104 cm³/mol. The summed E-state index contributed by atoms with van der Waals surface area (Å²) in [5, 5.41) is 4.89. The van der Waals surface area contributed by atoms with E-state index < -0.39 is 0 Å². The third-order valence-corrected chi connectivity index (χ3v) is 5.18. The quantitative estimate of drug-likeness (QED) is 0.510. The molecule has 0 saturated carbocycles. The van der Waals surface area contributed by atoms with Gasteiger partial charge in [-0.1, -0.05) is 30.3 Å². The molecule has 2 aromatic carbocycles. The first-order valence-corrected chi connectivity index (χ1v) is 9.26. The Kier molecular flexibility index (Phi) is 4.54. The van der Waals surface area contributed by atoms with Crippen LogP contribution in [0.2, 0.25) is 0 Å². The van der Waals surface area contributed by atoms with E-state index in [2.05, 4.69) is 22.0 Å². The van der Waals surface area contributed by atoms with Crippen molar-refractivity contribution in [2.75, 3.05) is 5.32 Å². The highest BCUT2D eigenvalue weighted by Crippen LogP contribution is 2.26. The van der Waals surface area contributed by atoms with Crippen molar-refractivity contribution >= 4 is 33.1 Å². The molecular formula is C21H17FN2OS. The summed E-state index contributed by atoms with van der Waals surface area (Å²) in [5.41, 5.74) is 3.49. The highest BCUT2D eigenvalue weighted by molar-refractivity contribution is 7.17. The van der Waals surface area contributed by atoms with Crippen LogP contribution in [0.25, 0.3) is 10.2 Å². The summed E-state index contributed by atoms with van der Waals surface area (Å²) >= 11 is 1.62. The van der Waals surface area contributed by atoms with Crippen LogP contribution in [-0.4, -0.2) is 10.5 Å². The lowest BCUT2D eigenvalue weighted by Gasteiger charge is -2.11. The maximum Gasteiger partial charge on any atom is 0.272 e. The van der Waals surface area contributed by atoms with Gasteiger partial charge in [0, 0.05) is 12.2 Å². The Morgan fingerprint density at radius 3 is 2.58 bits per heavy atom. The van der Waals surface area contributed by atoms with Gasteiger partial charge in [-0.3, -0.25) is 4.79 Å². The maximum atomic E-state index is 13.1. The number of thiophene rings is 1. The lowest BCUT2D eigenvalue weighted by Crippen LogP contribution is -2.17. The van der Waals surface area contributed by atoms with Crippen molar-refractivity contribution in [3.63, 3.8) is 0 Å². The van der Waals surface area contributed by atoms with Crippen molar-refractivity contribution in [3.8, 4) is 0 Å². The minimum Gasteiger partial charge on any atom is -0.335 e. The lowest BCUT2D eigenvalue weighted by molar-refractivity contribution is 0.101. The first kappa shape index (κ1) is 16.5. The van der Waals surface area contributed by atoms with Crippen molar-refractivity contribution in [2.24, 2.45) is 0 Å². The number of carbonyl (C=O) groups excluding carboxylic acids is 1. The first-order chi connectivity index (χ1) is 12.7. The normalized spacial score (nSPS) is 11.0. The number of halogens is 1. The van der Waals surface area contributed by atoms with Gasteiger partial charge in [0.2, 0.25) is 0 Å². The van der Waals surface area contributed by atoms with Gasteiger partial charge < -0.3 is 9.88 Å². The summed E-state index contributed by atoms with van der Waals surface area (Å²) in [4.78, 5) is 12.8. The zero-order valence-electron chi connectivity index (χ0n) is 14.0.